The fourth-order valence-electron chi connectivity index (χ4n) is 3.48. The third kappa shape index (κ3) is 6.10. The summed E-state index contributed by atoms with van der Waals surface area (Å²) in [4.78, 5) is 31.0. The van der Waals surface area contributed by atoms with E-state index in [9.17, 15) is 9.59 Å². The molecule has 0 saturated carbocycles. The molecule has 1 aromatic heterocycles. The highest BCUT2D eigenvalue weighted by Crippen LogP contribution is 2.28. The summed E-state index contributed by atoms with van der Waals surface area (Å²) in [7, 11) is 0. The molecule has 1 aliphatic rings. The first-order valence-electron chi connectivity index (χ1n) is 10.5. The molecule has 1 saturated heterocycles. The maximum Gasteiger partial charge on any atom is 0.239 e. The van der Waals surface area contributed by atoms with E-state index in [2.05, 4.69) is 38.7 Å². The van der Waals surface area contributed by atoms with Gasteiger partial charge in [-0.05, 0) is 23.3 Å². The zero-order chi connectivity index (χ0) is 21.5. The Morgan fingerprint density at radius 2 is 1.81 bits per heavy atom. The number of morpholine rings is 1. The van der Waals surface area contributed by atoms with Gasteiger partial charge in [-0.3, -0.25) is 14.5 Å². The van der Waals surface area contributed by atoms with Gasteiger partial charge >= 0.3 is 0 Å². The average Bonchev–Trinajstić information content (AvgIpc) is 3.20. The number of rotatable bonds is 8. The van der Waals surface area contributed by atoms with Gasteiger partial charge in [0.15, 0.2) is 0 Å². The van der Waals surface area contributed by atoms with Gasteiger partial charge in [0.05, 0.1) is 36.4 Å². The molecule has 8 heteroatoms. The molecule has 0 aliphatic carbocycles. The highest BCUT2D eigenvalue weighted by molar-refractivity contribution is 7.18. The van der Waals surface area contributed by atoms with Crippen LogP contribution in [0.4, 0.5) is 0 Å². The number of nitrogens with one attached hydrogen (secondary N) is 2. The molecule has 0 unspecified atom stereocenters. The van der Waals surface area contributed by atoms with Gasteiger partial charge in [0.25, 0.3) is 0 Å². The molecule has 1 fully saturated rings. The monoisotopic (exact) mass is 438 g/mol. The lowest BCUT2D eigenvalue weighted by Crippen LogP contribution is -2.43. The molecular weight excluding hydrogens is 412 g/mol. The molecule has 0 radical (unpaired) electrons. The predicted molar refractivity (Wildman–Crippen MR) is 122 cm³/mol. The lowest BCUT2D eigenvalue weighted by atomic mass is 10.1. The van der Waals surface area contributed by atoms with Crippen molar-refractivity contribution in [3.05, 3.63) is 53.5 Å². The van der Waals surface area contributed by atoms with Crippen LogP contribution >= 0.6 is 11.3 Å². The highest BCUT2D eigenvalue weighted by Gasteiger charge is 2.13. The Balaban J connectivity index is 1.24. The SMILES string of the molecule is O=C(CNC(=O)Cc1nc2ccc(-c3ccccc3)cc2s1)NCCN1CCOCC1. The number of hydrogen-bond donors (Lipinski definition) is 2. The van der Waals surface area contributed by atoms with E-state index in [1.807, 2.05) is 30.3 Å². The molecule has 2 N–H and O–H groups in total. The Morgan fingerprint density at radius 3 is 2.61 bits per heavy atom. The van der Waals surface area contributed by atoms with Gasteiger partial charge in [-0.25, -0.2) is 4.98 Å². The molecule has 0 atom stereocenters. The Morgan fingerprint density at radius 1 is 1.00 bits per heavy atom. The summed E-state index contributed by atoms with van der Waals surface area (Å²) in [5.74, 6) is -0.385. The molecule has 162 valence electrons. The minimum Gasteiger partial charge on any atom is -0.379 e. The molecule has 1 aliphatic heterocycles. The van der Waals surface area contributed by atoms with Crippen LogP contribution in [0.5, 0.6) is 0 Å². The minimum absolute atomic E-state index is 0.0228. The van der Waals surface area contributed by atoms with Crippen molar-refractivity contribution >= 4 is 33.4 Å². The summed E-state index contributed by atoms with van der Waals surface area (Å²) in [6, 6.07) is 16.3. The Labute approximate surface area is 185 Å². The number of carbonyl (C=O) groups excluding carboxylic acids is 2. The van der Waals surface area contributed by atoms with Crippen molar-refractivity contribution in [1.82, 2.24) is 20.5 Å². The van der Waals surface area contributed by atoms with E-state index in [1.54, 1.807) is 0 Å². The Bertz CT molecular complexity index is 1030. The molecular formula is C23H26N4O3S. The quantitative estimate of drug-likeness (QED) is 0.563. The van der Waals surface area contributed by atoms with Crippen LogP contribution in [0.2, 0.25) is 0 Å². The molecule has 0 spiro atoms. The number of hydrogen-bond acceptors (Lipinski definition) is 6. The zero-order valence-electron chi connectivity index (χ0n) is 17.3. The molecule has 7 nitrogen and oxygen atoms in total. The van der Waals surface area contributed by atoms with Gasteiger partial charge < -0.3 is 15.4 Å². The number of carbonyl (C=O) groups is 2. The van der Waals surface area contributed by atoms with Crippen LogP contribution in [0, 0.1) is 0 Å². The molecule has 2 amide bonds. The lowest BCUT2D eigenvalue weighted by Gasteiger charge is -2.26. The van der Waals surface area contributed by atoms with Crippen molar-refractivity contribution in [3.63, 3.8) is 0 Å². The largest absolute Gasteiger partial charge is 0.379 e. The van der Waals surface area contributed by atoms with Gasteiger partial charge in [-0.15, -0.1) is 11.3 Å². The number of thiazole rings is 1. The van der Waals surface area contributed by atoms with Gasteiger partial charge in [-0.1, -0.05) is 36.4 Å². The summed E-state index contributed by atoms with van der Waals surface area (Å²) in [6.45, 7) is 4.59. The molecule has 3 aromatic rings. The molecule has 4 rings (SSSR count). The van der Waals surface area contributed by atoms with Crippen molar-refractivity contribution in [1.29, 1.82) is 0 Å². The number of ether oxygens (including phenoxy) is 1. The fraction of sp³-hybridized carbons (Fsp3) is 0.348. The third-order valence-electron chi connectivity index (χ3n) is 5.15. The lowest BCUT2D eigenvalue weighted by molar-refractivity contribution is -0.125. The van der Waals surface area contributed by atoms with Gasteiger partial charge in [0.2, 0.25) is 11.8 Å². The number of fused-ring (bicyclic) bond motifs is 1. The summed E-state index contributed by atoms with van der Waals surface area (Å²) < 4.78 is 6.35. The maximum atomic E-state index is 12.3. The topological polar surface area (TPSA) is 83.6 Å². The van der Waals surface area contributed by atoms with Crippen LogP contribution in [0.25, 0.3) is 21.3 Å². The minimum atomic E-state index is -0.203. The Kier molecular flexibility index (Phi) is 7.24. The van der Waals surface area contributed by atoms with Crippen LogP contribution < -0.4 is 10.6 Å². The van der Waals surface area contributed by atoms with Crippen LogP contribution in [-0.2, 0) is 20.7 Å². The first-order valence-corrected chi connectivity index (χ1v) is 11.3. The molecule has 2 aromatic carbocycles. The van der Waals surface area contributed by atoms with E-state index in [-0.39, 0.29) is 24.8 Å². The predicted octanol–water partition coefficient (Wildman–Crippen LogP) is 2.07. The van der Waals surface area contributed by atoms with Gasteiger partial charge in [0.1, 0.15) is 5.01 Å². The van der Waals surface area contributed by atoms with Gasteiger partial charge in [-0.2, -0.15) is 0 Å². The standard InChI is InChI=1S/C23H26N4O3S/c28-21(25-16-22(29)24-8-9-27-10-12-30-13-11-27)15-23-26-19-7-6-18(14-20(19)31-23)17-4-2-1-3-5-17/h1-7,14H,8-13,15-16H2,(H,24,29)(H,25,28). The first-order chi connectivity index (χ1) is 15.2. The highest BCUT2D eigenvalue weighted by atomic mass is 32.1. The third-order valence-corrected chi connectivity index (χ3v) is 6.17. The second-order valence-electron chi connectivity index (χ2n) is 7.41. The van der Waals surface area contributed by atoms with Crippen LogP contribution in [0.1, 0.15) is 5.01 Å². The number of benzene rings is 2. The van der Waals surface area contributed by atoms with E-state index in [1.165, 1.54) is 11.3 Å². The zero-order valence-corrected chi connectivity index (χ0v) is 18.1. The number of amides is 2. The maximum absolute atomic E-state index is 12.3. The summed E-state index contributed by atoms with van der Waals surface area (Å²) >= 11 is 1.51. The number of nitrogens with zero attached hydrogens (tertiary/aromatic N) is 2. The summed E-state index contributed by atoms with van der Waals surface area (Å²) in [6.07, 6.45) is 0.168. The van der Waals surface area contributed by atoms with Crippen molar-refractivity contribution < 1.29 is 14.3 Å². The van der Waals surface area contributed by atoms with Crippen LogP contribution in [0.15, 0.2) is 48.5 Å². The second-order valence-corrected chi connectivity index (χ2v) is 8.53. The smallest absolute Gasteiger partial charge is 0.239 e. The van der Waals surface area contributed by atoms with E-state index in [4.69, 9.17) is 4.74 Å². The van der Waals surface area contributed by atoms with Crippen molar-refractivity contribution in [2.45, 2.75) is 6.42 Å². The van der Waals surface area contributed by atoms with E-state index >= 15 is 0 Å². The molecule has 31 heavy (non-hydrogen) atoms. The van der Waals surface area contributed by atoms with Crippen molar-refractivity contribution in [3.8, 4) is 11.1 Å². The van der Waals surface area contributed by atoms with Crippen molar-refractivity contribution in [2.75, 3.05) is 45.9 Å². The average molecular weight is 439 g/mol. The van der Waals surface area contributed by atoms with E-state index < -0.39 is 0 Å². The number of aromatic nitrogens is 1. The van der Waals surface area contributed by atoms with Crippen LogP contribution in [-0.4, -0.2) is 67.6 Å². The van der Waals surface area contributed by atoms with Gasteiger partial charge in [0, 0.05) is 26.2 Å². The first kappa shape index (κ1) is 21.4. The summed E-state index contributed by atoms with van der Waals surface area (Å²) in [5, 5.41) is 6.27. The van der Waals surface area contributed by atoms with E-state index in [0.717, 1.165) is 59.2 Å². The van der Waals surface area contributed by atoms with E-state index in [0.29, 0.717) is 6.54 Å². The molecule has 0 bridgehead atoms. The fourth-order valence-corrected chi connectivity index (χ4v) is 4.48. The van der Waals surface area contributed by atoms with Crippen molar-refractivity contribution in [2.24, 2.45) is 0 Å². The second kappa shape index (κ2) is 10.5. The van der Waals surface area contributed by atoms with Crippen LogP contribution in [0.3, 0.4) is 0 Å². The normalized spacial score (nSPS) is 14.5. The molecule has 2 heterocycles. The Hall–Kier alpha value is -2.81. The summed E-state index contributed by atoms with van der Waals surface area (Å²) in [5.41, 5.74) is 3.16.